The van der Waals surface area contributed by atoms with E-state index in [0.29, 0.717) is 35.5 Å². The second-order valence-corrected chi connectivity index (χ2v) is 5.88. The van der Waals surface area contributed by atoms with Gasteiger partial charge >= 0.3 is 0 Å². The highest BCUT2D eigenvalue weighted by Gasteiger charge is 2.40. The number of allylic oxidation sites excluding steroid dienone is 2. The van der Waals surface area contributed by atoms with Crippen LogP contribution in [0.5, 0.6) is 0 Å². The Balaban J connectivity index is 1.91. The quantitative estimate of drug-likeness (QED) is 0.838. The van der Waals surface area contributed by atoms with E-state index in [1.165, 1.54) is 4.90 Å². The van der Waals surface area contributed by atoms with Crippen LogP contribution < -0.4 is 10.6 Å². The largest absolute Gasteiger partial charge is 0.356 e. The van der Waals surface area contributed by atoms with Crippen molar-refractivity contribution in [1.29, 1.82) is 0 Å². The zero-order valence-electron chi connectivity index (χ0n) is 13.4. The standard InChI is InChI=1S/C19H19N3O2/c1-5-11(2)20-14-7-8-15-13(4)22(19(24)16(15)10-14)17-9-6-12(3)21-18(17)23/h5,7-8,10,17,20H,1-4,6,9H2,(H,21,23). The van der Waals surface area contributed by atoms with Crippen LogP contribution in [0.25, 0.3) is 5.70 Å². The Kier molecular flexibility index (Phi) is 3.85. The summed E-state index contributed by atoms with van der Waals surface area (Å²) in [7, 11) is 0. The minimum atomic E-state index is -0.553. The zero-order valence-corrected chi connectivity index (χ0v) is 13.4. The highest BCUT2D eigenvalue weighted by Crippen LogP contribution is 2.36. The summed E-state index contributed by atoms with van der Waals surface area (Å²) in [5.41, 5.74) is 3.88. The average molecular weight is 321 g/mol. The van der Waals surface area contributed by atoms with Gasteiger partial charge in [-0.2, -0.15) is 0 Å². The Morgan fingerprint density at radius 2 is 2.04 bits per heavy atom. The van der Waals surface area contributed by atoms with E-state index in [9.17, 15) is 9.59 Å². The van der Waals surface area contributed by atoms with Gasteiger partial charge < -0.3 is 10.6 Å². The van der Waals surface area contributed by atoms with E-state index in [2.05, 4.69) is 36.9 Å². The van der Waals surface area contributed by atoms with Gasteiger partial charge in [-0.15, -0.1) is 0 Å². The SMILES string of the molecule is C=CC(=C)Nc1ccc2c(c1)C(=O)N(C1CCC(=C)NC1=O)C2=C. The molecular weight excluding hydrogens is 302 g/mol. The maximum atomic E-state index is 12.8. The summed E-state index contributed by atoms with van der Waals surface area (Å²) in [6, 6.07) is 4.87. The van der Waals surface area contributed by atoms with E-state index < -0.39 is 6.04 Å². The maximum Gasteiger partial charge on any atom is 0.259 e. The van der Waals surface area contributed by atoms with Gasteiger partial charge in [-0.3, -0.25) is 14.5 Å². The Bertz CT molecular complexity index is 807. The summed E-state index contributed by atoms with van der Waals surface area (Å²) in [5, 5.41) is 5.78. The van der Waals surface area contributed by atoms with Gasteiger partial charge in [0.15, 0.2) is 0 Å². The van der Waals surface area contributed by atoms with Crippen LogP contribution in [0.4, 0.5) is 5.69 Å². The smallest absolute Gasteiger partial charge is 0.259 e. The number of fused-ring (bicyclic) bond motifs is 1. The lowest BCUT2D eigenvalue weighted by Crippen LogP contribution is -2.49. The van der Waals surface area contributed by atoms with Gasteiger partial charge in [0.25, 0.3) is 5.91 Å². The topological polar surface area (TPSA) is 61.4 Å². The van der Waals surface area contributed by atoms with Gasteiger partial charge in [0.1, 0.15) is 6.04 Å². The number of amides is 2. The Morgan fingerprint density at radius 3 is 2.71 bits per heavy atom. The number of hydrogen-bond acceptors (Lipinski definition) is 3. The number of carbonyl (C=O) groups is 2. The molecule has 2 heterocycles. The molecule has 1 aromatic rings. The van der Waals surface area contributed by atoms with Gasteiger partial charge in [0.2, 0.25) is 5.91 Å². The summed E-state index contributed by atoms with van der Waals surface area (Å²) in [4.78, 5) is 26.6. The molecule has 0 saturated carbocycles. The minimum Gasteiger partial charge on any atom is -0.356 e. The molecule has 2 amide bonds. The number of benzene rings is 1. The zero-order chi connectivity index (χ0) is 17.4. The molecule has 2 aliphatic heterocycles. The molecule has 24 heavy (non-hydrogen) atoms. The molecule has 5 heteroatoms. The summed E-state index contributed by atoms with van der Waals surface area (Å²) in [6.45, 7) is 15.2. The molecule has 0 radical (unpaired) electrons. The molecule has 0 bridgehead atoms. The fourth-order valence-corrected chi connectivity index (χ4v) is 3.01. The van der Waals surface area contributed by atoms with Crippen molar-refractivity contribution in [2.75, 3.05) is 5.32 Å². The maximum absolute atomic E-state index is 12.8. The number of nitrogens with zero attached hydrogens (tertiary/aromatic N) is 1. The van der Waals surface area contributed by atoms with Crippen LogP contribution in [0.2, 0.25) is 0 Å². The van der Waals surface area contributed by atoms with Crippen LogP contribution in [0, 0.1) is 0 Å². The van der Waals surface area contributed by atoms with Gasteiger partial charge in [0, 0.05) is 28.3 Å². The van der Waals surface area contributed by atoms with Gasteiger partial charge in [-0.05, 0) is 31.1 Å². The first kappa shape index (κ1) is 15.8. The summed E-state index contributed by atoms with van der Waals surface area (Å²) < 4.78 is 0. The first-order valence-corrected chi connectivity index (χ1v) is 7.66. The number of anilines is 1. The van der Waals surface area contributed by atoms with Crippen molar-refractivity contribution < 1.29 is 9.59 Å². The van der Waals surface area contributed by atoms with E-state index in [0.717, 1.165) is 11.3 Å². The second-order valence-electron chi connectivity index (χ2n) is 5.88. The normalized spacial score (nSPS) is 19.8. The molecule has 0 spiro atoms. The molecule has 5 nitrogen and oxygen atoms in total. The first-order chi connectivity index (χ1) is 11.4. The van der Waals surface area contributed by atoms with Crippen LogP contribution in [-0.4, -0.2) is 22.8 Å². The molecule has 2 aliphatic rings. The molecule has 0 aromatic heterocycles. The molecule has 1 unspecified atom stereocenters. The second kappa shape index (κ2) is 5.85. The summed E-state index contributed by atoms with van der Waals surface area (Å²) in [6.07, 6.45) is 2.79. The predicted octanol–water partition coefficient (Wildman–Crippen LogP) is 3.02. The van der Waals surface area contributed by atoms with Crippen molar-refractivity contribution in [1.82, 2.24) is 10.2 Å². The number of piperidine rings is 1. The Morgan fingerprint density at radius 1 is 1.29 bits per heavy atom. The number of rotatable bonds is 4. The van der Waals surface area contributed by atoms with Crippen molar-refractivity contribution in [2.24, 2.45) is 0 Å². The van der Waals surface area contributed by atoms with Crippen molar-refractivity contribution in [2.45, 2.75) is 18.9 Å². The van der Waals surface area contributed by atoms with Crippen LogP contribution in [0.1, 0.15) is 28.8 Å². The number of nitrogens with one attached hydrogen (secondary N) is 2. The molecule has 122 valence electrons. The van der Waals surface area contributed by atoms with Crippen LogP contribution >= 0.6 is 0 Å². The number of carbonyl (C=O) groups excluding carboxylic acids is 2. The van der Waals surface area contributed by atoms with Gasteiger partial charge in [-0.25, -0.2) is 0 Å². The Labute approximate surface area is 141 Å². The lowest BCUT2D eigenvalue weighted by Gasteiger charge is -2.31. The first-order valence-electron chi connectivity index (χ1n) is 7.66. The summed E-state index contributed by atoms with van der Waals surface area (Å²) >= 11 is 0. The number of hydrogen-bond donors (Lipinski definition) is 2. The molecule has 0 aliphatic carbocycles. The molecule has 2 N–H and O–H groups in total. The lowest BCUT2D eigenvalue weighted by atomic mass is 10.0. The highest BCUT2D eigenvalue weighted by atomic mass is 16.2. The third kappa shape index (κ3) is 2.54. The van der Waals surface area contributed by atoms with E-state index in [1.807, 2.05) is 12.1 Å². The van der Waals surface area contributed by atoms with Crippen molar-refractivity contribution in [3.05, 3.63) is 73.1 Å². The molecule has 1 atom stereocenters. The predicted molar refractivity (Wildman–Crippen MR) is 94.9 cm³/mol. The van der Waals surface area contributed by atoms with Crippen LogP contribution in [0.3, 0.4) is 0 Å². The van der Waals surface area contributed by atoms with Crippen LogP contribution in [-0.2, 0) is 4.79 Å². The molecule has 3 rings (SSSR count). The third-order valence-corrected chi connectivity index (χ3v) is 4.26. The van der Waals surface area contributed by atoms with Gasteiger partial charge in [0.05, 0.1) is 5.56 Å². The Hall–Kier alpha value is -3.08. The fourth-order valence-electron chi connectivity index (χ4n) is 3.01. The molecular formula is C19H19N3O2. The monoisotopic (exact) mass is 321 g/mol. The molecule has 1 saturated heterocycles. The van der Waals surface area contributed by atoms with E-state index in [1.54, 1.807) is 12.1 Å². The molecule has 1 aromatic carbocycles. The van der Waals surface area contributed by atoms with E-state index in [4.69, 9.17) is 0 Å². The highest BCUT2D eigenvalue weighted by molar-refractivity contribution is 6.11. The summed E-state index contributed by atoms with van der Waals surface area (Å²) in [5.74, 6) is -0.428. The van der Waals surface area contributed by atoms with Crippen molar-refractivity contribution >= 4 is 23.2 Å². The molecule has 1 fully saturated rings. The average Bonchev–Trinajstić information content (AvgIpc) is 2.79. The lowest BCUT2D eigenvalue weighted by molar-refractivity contribution is -0.125. The van der Waals surface area contributed by atoms with Crippen LogP contribution in [0.15, 0.2) is 62.0 Å². The third-order valence-electron chi connectivity index (χ3n) is 4.26. The van der Waals surface area contributed by atoms with Gasteiger partial charge in [-0.1, -0.05) is 32.4 Å². The fraction of sp³-hybridized carbons (Fsp3) is 0.158. The minimum absolute atomic E-state index is 0.212. The van der Waals surface area contributed by atoms with E-state index >= 15 is 0 Å². The van der Waals surface area contributed by atoms with Crippen molar-refractivity contribution in [3.8, 4) is 0 Å². The van der Waals surface area contributed by atoms with Crippen molar-refractivity contribution in [3.63, 3.8) is 0 Å². The van der Waals surface area contributed by atoms with E-state index in [-0.39, 0.29) is 11.8 Å².